The molecule has 1 aromatic rings. The largest absolute Gasteiger partial charge is 0.478 e. The zero-order valence-electron chi connectivity index (χ0n) is 9.13. The van der Waals surface area contributed by atoms with Gasteiger partial charge in [-0.1, -0.05) is 0 Å². The zero-order chi connectivity index (χ0) is 12.3. The number of pyridine rings is 1. The Hall–Kier alpha value is -1.46. The van der Waals surface area contributed by atoms with Gasteiger partial charge < -0.3 is 9.47 Å². The molecule has 1 aromatic heterocycles. The number of alkyl halides is 3. The standard InChI is InChI=1S/C10H12F3NO2/c1-6-4-5-8(9(14-6)15-3)16-7(2)10(11,12)13/h4-5,7H,1-3H3. The summed E-state index contributed by atoms with van der Waals surface area (Å²) < 4.78 is 46.4. The number of aryl methyl sites for hydroxylation is 1. The zero-order valence-corrected chi connectivity index (χ0v) is 9.13. The van der Waals surface area contributed by atoms with Gasteiger partial charge in [-0.05, 0) is 26.0 Å². The Morgan fingerprint density at radius 3 is 2.44 bits per heavy atom. The fourth-order valence-corrected chi connectivity index (χ4v) is 1.01. The third kappa shape index (κ3) is 3.01. The second kappa shape index (κ2) is 4.59. The van der Waals surface area contributed by atoms with Gasteiger partial charge in [0.2, 0.25) is 0 Å². The van der Waals surface area contributed by atoms with E-state index in [4.69, 9.17) is 9.47 Å². The van der Waals surface area contributed by atoms with Crippen LogP contribution in [0.1, 0.15) is 12.6 Å². The van der Waals surface area contributed by atoms with Gasteiger partial charge in [0.05, 0.1) is 7.11 Å². The summed E-state index contributed by atoms with van der Waals surface area (Å²) in [6.07, 6.45) is -6.30. The van der Waals surface area contributed by atoms with Crippen molar-refractivity contribution in [1.29, 1.82) is 0 Å². The van der Waals surface area contributed by atoms with E-state index in [1.54, 1.807) is 13.0 Å². The minimum absolute atomic E-state index is 0.0158. The summed E-state index contributed by atoms with van der Waals surface area (Å²) >= 11 is 0. The maximum Gasteiger partial charge on any atom is 0.425 e. The lowest BCUT2D eigenvalue weighted by molar-refractivity contribution is -0.189. The number of ether oxygens (including phenoxy) is 2. The van der Waals surface area contributed by atoms with E-state index in [0.717, 1.165) is 6.92 Å². The first-order valence-corrected chi connectivity index (χ1v) is 4.59. The Morgan fingerprint density at radius 2 is 1.94 bits per heavy atom. The normalized spacial score (nSPS) is 13.4. The van der Waals surface area contributed by atoms with E-state index in [0.29, 0.717) is 5.69 Å². The Kier molecular flexibility index (Phi) is 3.62. The molecule has 0 radical (unpaired) electrons. The molecule has 0 N–H and O–H groups in total. The average molecular weight is 235 g/mol. The number of nitrogens with zero attached hydrogens (tertiary/aromatic N) is 1. The SMILES string of the molecule is COc1nc(C)ccc1OC(C)C(F)(F)F. The van der Waals surface area contributed by atoms with Gasteiger partial charge in [-0.15, -0.1) is 0 Å². The van der Waals surface area contributed by atoms with Crippen LogP contribution < -0.4 is 9.47 Å². The molecule has 90 valence electrons. The van der Waals surface area contributed by atoms with E-state index >= 15 is 0 Å². The van der Waals surface area contributed by atoms with Gasteiger partial charge in [0.15, 0.2) is 11.9 Å². The molecule has 0 fully saturated rings. The third-order valence-electron chi connectivity index (χ3n) is 1.92. The Balaban J connectivity index is 2.89. The van der Waals surface area contributed by atoms with E-state index in [-0.39, 0.29) is 11.6 Å². The summed E-state index contributed by atoms with van der Waals surface area (Å²) in [7, 11) is 1.33. The van der Waals surface area contributed by atoms with E-state index in [9.17, 15) is 13.2 Å². The van der Waals surface area contributed by atoms with Crippen molar-refractivity contribution in [1.82, 2.24) is 4.98 Å². The van der Waals surface area contributed by atoms with Crippen molar-refractivity contribution in [2.75, 3.05) is 7.11 Å². The van der Waals surface area contributed by atoms with Crippen LogP contribution >= 0.6 is 0 Å². The average Bonchev–Trinajstić information content (AvgIpc) is 2.19. The highest BCUT2D eigenvalue weighted by Crippen LogP contribution is 2.30. The summed E-state index contributed by atoms with van der Waals surface area (Å²) in [5, 5.41) is 0. The minimum atomic E-state index is -4.41. The highest BCUT2D eigenvalue weighted by atomic mass is 19.4. The summed E-state index contributed by atoms with van der Waals surface area (Å²) in [6, 6.07) is 2.96. The van der Waals surface area contributed by atoms with Gasteiger partial charge in [0.1, 0.15) is 0 Å². The number of aromatic nitrogens is 1. The lowest BCUT2D eigenvalue weighted by atomic mass is 10.3. The molecule has 3 nitrogen and oxygen atoms in total. The molecular formula is C10H12F3NO2. The predicted molar refractivity (Wildman–Crippen MR) is 51.7 cm³/mol. The summed E-state index contributed by atoms with van der Waals surface area (Å²) in [5.41, 5.74) is 0.642. The first-order chi connectivity index (χ1) is 7.34. The molecule has 1 rings (SSSR count). The molecule has 1 unspecified atom stereocenters. The van der Waals surface area contributed by atoms with E-state index < -0.39 is 12.3 Å². The minimum Gasteiger partial charge on any atom is -0.478 e. The molecule has 0 aliphatic heterocycles. The highest BCUT2D eigenvalue weighted by molar-refractivity contribution is 5.34. The van der Waals surface area contributed by atoms with E-state index in [1.807, 2.05) is 0 Å². The number of methoxy groups -OCH3 is 1. The molecule has 0 amide bonds. The molecular weight excluding hydrogens is 223 g/mol. The van der Waals surface area contributed by atoms with Crippen molar-refractivity contribution in [2.24, 2.45) is 0 Å². The van der Waals surface area contributed by atoms with Gasteiger partial charge in [0, 0.05) is 5.69 Å². The quantitative estimate of drug-likeness (QED) is 0.807. The van der Waals surface area contributed by atoms with Crippen LogP contribution in [0.5, 0.6) is 11.6 Å². The third-order valence-corrected chi connectivity index (χ3v) is 1.92. The number of hydrogen-bond donors (Lipinski definition) is 0. The van der Waals surface area contributed by atoms with E-state index in [1.165, 1.54) is 13.2 Å². The van der Waals surface area contributed by atoms with Crippen LogP contribution in [-0.4, -0.2) is 24.4 Å². The van der Waals surface area contributed by atoms with Gasteiger partial charge in [-0.2, -0.15) is 13.2 Å². The monoisotopic (exact) mass is 235 g/mol. The molecule has 0 bridgehead atoms. The van der Waals surface area contributed by atoms with Crippen LogP contribution in [-0.2, 0) is 0 Å². The lowest BCUT2D eigenvalue weighted by Gasteiger charge is -2.18. The Morgan fingerprint density at radius 1 is 1.31 bits per heavy atom. The maximum atomic E-state index is 12.3. The highest BCUT2D eigenvalue weighted by Gasteiger charge is 2.38. The maximum absolute atomic E-state index is 12.3. The second-order valence-corrected chi connectivity index (χ2v) is 3.26. The molecule has 0 saturated heterocycles. The van der Waals surface area contributed by atoms with E-state index in [2.05, 4.69) is 4.98 Å². The molecule has 1 atom stereocenters. The summed E-state index contributed by atoms with van der Waals surface area (Å²) in [4.78, 5) is 3.91. The van der Waals surface area contributed by atoms with Gasteiger partial charge in [0.25, 0.3) is 5.88 Å². The van der Waals surface area contributed by atoms with Crippen LogP contribution in [0.4, 0.5) is 13.2 Å². The lowest BCUT2D eigenvalue weighted by Crippen LogP contribution is -2.31. The molecule has 1 heterocycles. The first-order valence-electron chi connectivity index (χ1n) is 4.59. The summed E-state index contributed by atoms with van der Waals surface area (Å²) in [6.45, 7) is 2.64. The Bertz CT molecular complexity index is 366. The van der Waals surface area contributed by atoms with Crippen LogP contribution in [0.15, 0.2) is 12.1 Å². The first kappa shape index (κ1) is 12.6. The van der Waals surface area contributed by atoms with Crippen LogP contribution in [0.2, 0.25) is 0 Å². The van der Waals surface area contributed by atoms with Crippen molar-refractivity contribution in [3.05, 3.63) is 17.8 Å². The fourth-order valence-electron chi connectivity index (χ4n) is 1.01. The van der Waals surface area contributed by atoms with Crippen molar-refractivity contribution < 1.29 is 22.6 Å². The fraction of sp³-hybridized carbons (Fsp3) is 0.500. The van der Waals surface area contributed by atoms with Crippen LogP contribution in [0, 0.1) is 6.92 Å². The number of hydrogen-bond acceptors (Lipinski definition) is 3. The molecule has 0 aromatic carbocycles. The molecule has 0 saturated carbocycles. The van der Waals surface area contributed by atoms with Crippen molar-refractivity contribution in [3.63, 3.8) is 0 Å². The number of rotatable bonds is 3. The topological polar surface area (TPSA) is 31.4 Å². The molecule has 16 heavy (non-hydrogen) atoms. The molecule has 0 spiro atoms. The predicted octanol–water partition coefficient (Wildman–Crippen LogP) is 2.73. The summed E-state index contributed by atoms with van der Waals surface area (Å²) in [5.74, 6) is 0.0361. The molecule has 6 heteroatoms. The van der Waals surface area contributed by atoms with Crippen molar-refractivity contribution in [3.8, 4) is 11.6 Å². The second-order valence-electron chi connectivity index (χ2n) is 3.26. The number of halogens is 3. The molecule has 0 aliphatic rings. The van der Waals surface area contributed by atoms with Gasteiger partial charge in [-0.3, -0.25) is 0 Å². The van der Waals surface area contributed by atoms with Crippen molar-refractivity contribution in [2.45, 2.75) is 26.1 Å². The van der Waals surface area contributed by atoms with Crippen LogP contribution in [0.3, 0.4) is 0 Å². The van der Waals surface area contributed by atoms with Crippen LogP contribution in [0.25, 0.3) is 0 Å². The molecule has 0 aliphatic carbocycles. The smallest absolute Gasteiger partial charge is 0.425 e. The van der Waals surface area contributed by atoms with Crippen molar-refractivity contribution >= 4 is 0 Å². The van der Waals surface area contributed by atoms with Gasteiger partial charge >= 0.3 is 6.18 Å². The Labute approximate surface area is 91.2 Å². The van der Waals surface area contributed by atoms with Gasteiger partial charge in [-0.25, -0.2) is 4.98 Å².